The molecule has 0 unspecified atom stereocenters. The van der Waals surface area contributed by atoms with Crippen molar-refractivity contribution in [2.24, 2.45) is 0 Å². The molecule has 0 saturated carbocycles. The van der Waals surface area contributed by atoms with Crippen LogP contribution in [0.4, 0.5) is 5.95 Å². The normalized spacial score (nSPS) is 11.3. The quantitative estimate of drug-likeness (QED) is 0.863. The molecule has 0 bridgehead atoms. The highest BCUT2D eigenvalue weighted by molar-refractivity contribution is 5.61. The summed E-state index contributed by atoms with van der Waals surface area (Å²) in [5, 5.41) is 6.46. The van der Waals surface area contributed by atoms with Gasteiger partial charge in [0.05, 0.1) is 0 Å². The molecule has 0 spiro atoms. The van der Waals surface area contributed by atoms with Gasteiger partial charge in [-0.05, 0) is 26.5 Å². The number of hydrogen-bond acceptors (Lipinski definition) is 4. The molecule has 2 rings (SSSR count). The third-order valence-corrected chi connectivity index (χ3v) is 3.12. The van der Waals surface area contributed by atoms with Crippen molar-refractivity contribution in [2.75, 3.05) is 18.9 Å². The third kappa shape index (κ3) is 3.76. The monoisotopic (exact) mass is 256 g/mol. The smallest absolute Gasteiger partial charge is 0.222 e. The molecule has 4 heteroatoms. The second-order valence-corrected chi connectivity index (χ2v) is 5.15. The van der Waals surface area contributed by atoms with Crippen LogP contribution < -0.4 is 10.6 Å². The van der Waals surface area contributed by atoms with Crippen LogP contribution in [0, 0.1) is 0 Å². The van der Waals surface area contributed by atoms with Gasteiger partial charge in [0.25, 0.3) is 0 Å². The van der Waals surface area contributed by atoms with Crippen LogP contribution in [0.1, 0.15) is 13.8 Å². The standard InChI is InChI=1S/C15H20N4/c1-15(2,16-3)11-19-14-17-9-13(10-18-14)12-7-5-4-6-8-12/h4-10,16H,11H2,1-3H3,(H,17,18,19). The molecule has 0 atom stereocenters. The second-order valence-electron chi connectivity index (χ2n) is 5.15. The first-order valence-corrected chi connectivity index (χ1v) is 6.41. The van der Waals surface area contributed by atoms with Crippen molar-refractivity contribution in [3.05, 3.63) is 42.7 Å². The molecular formula is C15H20N4. The van der Waals surface area contributed by atoms with Crippen LogP contribution in [0.5, 0.6) is 0 Å². The Morgan fingerprint density at radius 2 is 1.63 bits per heavy atom. The van der Waals surface area contributed by atoms with Crippen molar-refractivity contribution in [1.29, 1.82) is 0 Å². The van der Waals surface area contributed by atoms with Gasteiger partial charge in [0.1, 0.15) is 0 Å². The van der Waals surface area contributed by atoms with Crippen LogP contribution in [-0.2, 0) is 0 Å². The predicted molar refractivity (Wildman–Crippen MR) is 79.1 cm³/mol. The maximum atomic E-state index is 4.34. The van der Waals surface area contributed by atoms with E-state index in [2.05, 4.69) is 46.6 Å². The van der Waals surface area contributed by atoms with Gasteiger partial charge in [0.15, 0.2) is 0 Å². The van der Waals surface area contributed by atoms with Crippen LogP contribution in [-0.4, -0.2) is 29.1 Å². The molecule has 4 nitrogen and oxygen atoms in total. The highest BCUT2D eigenvalue weighted by Crippen LogP contribution is 2.17. The molecule has 1 aromatic carbocycles. The first-order chi connectivity index (χ1) is 9.11. The van der Waals surface area contributed by atoms with Crippen molar-refractivity contribution >= 4 is 5.95 Å². The van der Waals surface area contributed by atoms with E-state index < -0.39 is 0 Å². The van der Waals surface area contributed by atoms with Crippen LogP contribution in [0.2, 0.25) is 0 Å². The molecule has 0 radical (unpaired) electrons. The minimum absolute atomic E-state index is 0.0153. The Morgan fingerprint density at radius 1 is 1.00 bits per heavy atom. The molecule has 2 aromatic rings. The summed E-state index contributed by atoms with van der Waals surface area (Å²) in [7, 11) is 1.95. The van der Waals surface area contributed by atoms with E-state index in [0.717, 1.165) is 17.7 Å². The Kier molecular flexibility index (Phi) is 4.12. The molecule has 1 aromatic heterocycles. The first-order valence-electron chi connectivity index (χ1n) is 6.41. The highest BCUT2D eigenvalue weighted by Gasteiger charge is 2.14. The second kappa shape index (κ2) is 5.80. The molecule has 0 aliphatic heterocycles. The van der Waals surface area contributed by atoms with Gasteiger partial charge < -0.3 is 10.6 Å². The molecule has 0 saturated heterocycles. The van der Waals surface area contributed by atoms with Crippen molar-refractivity contribution < 1.29 is 0 Å². The predicted octanol–water partition coefficient (Wildman–Crippen LogP) is 2.55. The summed E-state index contributed by atoms with van der Waals surface area (Å²) in [5.41, 5.74) is 2.17. The van der Waals surface area contributed by atoms with Gasteiger partial charge in [-0.15, -0.1) is 0 Å². The Balaban J connectivity index is 2.03. The fraction of sp³-hybridized carbons (Fsp3) is 0.333. The number of nitrogens with zero attached hydrogens (tertiary/aromatic N) is 2. The molecule has 0 aliphatic carbocycles. The Bertz CT molecular complexity index is 505. The van der Waals surface area contributed by atoms with Crippen LogP contribution >= 0.6 is 0 Å². The van der Waals surface area contributed by atoms with Gasteiger partial charge in [0, 0.05) is 30.0 Å². The summed E-state index contributed by atoms with van der Waals surface area (Å²) in [6.45, 7) is 5.02. The Labute approximate surface area is 114 Å². The number of aromatic nitrogens is 2. The van der Waals surface area contributed by atoms with E-state index in [9.17, 15) is 0 Å². The molecule has 1 heterocycles. The van der Waals surface area contributed by atoms with Gasteiger partial charge in [-0.2, -0.15) is 0 Å². The number of likely N-dealkylation sites (N-methyl/N-ethyl adjacent to an activating group) is 1. The van der Waals surface area contributed by atoms with Crippen molar-refractivity contribution in [3.63, 3.8) is 0 Å². The third-order valence-electron chi connectivity index (χ3n) is 3.12. The van der Waals surface area contributed by atoms with E-state index in [1.165, 1.54) is 0 Å². The molecule has 2 N–H and O–H groups in total. The summed E-state index contributed by atoms with van der Waals surface area (Å²) in [5.74, 6) is 0.656. The maximum Gasteiger partial charge on any atom is 0.222 e. The van der Waals surface area contributed by atoms with Crippen molar-refractivity contribution in [1.82, 2.24) is 15.3 Å². The van der Waals surface area contributed by atoms with Gasteiger partial charge in [0.2, 0.25) is 5.95 Å². The molecule has 19 heavy (non-hydrogen) atoms. The van der Waals surface area contributed by atoms with Crippen LogP contribution in [0.25, 0.3) is 11.1 Å². The molecule has 0 amide bonds. The van der Waals surface area contributed by atoms with E-state index in [0.29, 0.717) is 5.95 Å². The minimum atomic E-state index is 0.0153. The molecule has 100 valence electrons. The van der Waals surface area contributed by atoms with Crippen LogP contribution in [0.3, 0.4) is 0 Å². The average molecular weight is 256 g/mol. The number of benzene rings is 1. The Hall–Kier alpha value is -1.94. The van der Waals surface area contributed by atoms with E-state index in [1.807, 2.05) is 37.6 Å². The zero-order valence-corrected chi connectivity index (χ0v) is 11.6. The molecule has 0 fully saturated rings. The van der Waals surface area contributed by atoms with Gasteiger partial charge in [-0.3, -0.25) is 0 Å². The van der Waals surface area contributed by atoms with E-state index >= 15 is 0 Å². The summed E-state index contributed by atoms with van der Waals surface area (Å²) >= 11 is 0. The van der Waals surface area contributed by atoms with Crippen molar-refractivity contribution in [3.8, 4) is 11.1 Å². The molecule has 0 aliphatic rings. The summed E-state index contributed by atoms with van der Waals surface area (Å²) < 4.78 is 0. The van der Waals surface area contributed by atoms with Crippen LogP contribution in [0.15, 0.2) is 42.7 Å². The minimum Gasteiger partial charge on any atom is -0.352 e. The number of rotatable bonds is 5. The molecular weight excluding hydrogens is 236 g/mol. The number of anilines is 1. The zero-order valence-electron chi connectivity index (χ0n) is 11.6. The first kappa shape index (κ1) is 13.5. The lowest BCUT2D eigenvalue weighted by Gasteiger charge is -2.24. The summed E-state index contributed by atoms with van der Waals surface area (Å²) in [6.07, 6.45) is 3.69. The Morgan fingerprint density at radius 3 is 2.21 bits per heavy atom. The van der Waals surface area contributed by atoms with Gasteiger partial charge in [-0.25, -0.2) is 9.97 Å². The SMILES string of the molecule is CNC(C)(C)CNc1ncc(-c2ccccc2)cn1. The number of nitrogens with one attached hydrogen (secondary N) is 2. The lowest BCUT2D eigenvalue weighted by atomic mass is 10.1. The summed E-state index contributed by atoms with van der Waals surface area (Å²) in [6, 6.07) is 10.1. The van der Waals surface area contributed by atoms with E-state index in [1.54, 1.807) is 0 Å². The van der Waals surface area contributed by atoms with Gasteiger partial charge in [-0.1, -0.05) is 30.3 Å². The topological polar surface area (TPSA) is 49.8 Å². The lowest BCUT2D eigenvalue weighted by molar-refractivity contribution is 0.447. The maximum absolute atomic E-state index is 4.34. The average Bonchev–Trinajstić information content (AvgIpc) is 2.47. The largest absolute Gasteiger partial charge is 0.352 e. The highest BCUT2D eigenvalue weighted by atomic mass is 15.1. The van der Waals surface area contributed by atoms with E-state index in [4.69, 9.17) is 0 Å². The fourth-order valence-corrected chi connectivity index (χ4v) is 1.59. The number of hydrogen-bond donors (Lipinski definition) is 2. The van der Waals surface area contributed by atoms with E-state index in [-0.39, 0.29) is 5.54 Å². The summed E-state index contributed by atoms with van der Waals surface area (Å²) in [4.78, 5) is 8.68. The van der Waals surface area contributed by atoms with Crippen molar-refractivity contribution in [2.45, 2.75) is 19.4 Å². The lowest BCUT2D eigenvalue weighted by Crippen LogP contribution is -2.43. The van der Waals surface area contributed by atoms with Gasteiger partial charge >= 0.3 is 0 Å². The fourth-order valence-electron chi connectivity index (χ4n) is 1.59. The zero-order chi connectivity index (χ0) is 13.7.